The molecule has 5 heteroatoms. The summed E-state index contributed by atoms with van der Waals surface area (Å²) in [6, 6.07) is 8.40. The van der Waals surface area contributed by atoms with Crippen LogP contribution in [0.25, 0.3) is 0 Å². The van der Waals surface area contributed by atoms with Crippen LogP contribution in [0.5, 0.6) is 0 Å². The highest BCUT2D eigenvalue weighted by Crippen LogP contribution is 2.25. The van der Waals surface area contributed by atoms with Crippen LogP contribution in [0.3, 0.4) is 0 Å². The second-order valence-electron chi connectivity index (χ2n) is 5.42. The van der Waals surface area contributed by atoms with Crippen LogP contribution < -0.4 is 10.2 Å². The summed E-state index contributed by atoms with van der Waals surface area (Å²) in [5, 5.41) is 3.45. The van der Waals surface area contributed by atoms with Crippen molar-refractivity contribution in [3.8, 4) is 0 Å². The number of carbonyl (C=O) groups excluding carboxylic acids is 2. The Balaban J connectivity index is 1.77. The molecule has 2 aliphatic heterocycles. The van der Waals surface area contributed by atoms with Gasteiger partial charge >= 0.3 is 11.8 Å². The Morgan fingerprint density at radius 1 is 1.10 bits per heavy atom. The van der Waals surface area contributed by atoms with Gasteiger partial charge in [0.25, 0.3) is 0 Å². The third-order valence-corrected chi connectivity index (χ3v) is 4.10. The molecule has 2 saturated heterocycles. The molecule has 0 spiro atoms. The molecule has 0 bridgehead atoms. The average Bonchev–Trinajstić information content (AvgIpc) is 3.00. The predicted octanol–water partition coefficient (Wildman–Crippen LogP) is 0.916. The summed E-state index contributed by atoms with van der Waals surface area (Å²) in [4.78, 5) is 26.7. The smallest absolute Gasteiger partial charge is 0.316 e. The van der Waals surface area contributed by atoms with E-state index in [1.165, 1.54) is 16.9 Å². The number of benzene rings is 1. The van der Waals surface area contributed by atoms with E-state index in [0.29, 0.717) is 19.1 Å². The molecule has 0 aromatic heterocycles. The molecule has 2 heterocycles. The van der Waals surface area contributed by atoms with Crippen molar-refractivity contribution in [2.75, 3.05) is 31.6 Å². The van der Waals surface area contributed by atoms with Gasteiger partial charge in [-0.2, -0.15) is 0 Å². The second kappa shape index (κ2) is 5.25. The molecule has 2 fully saturated rings. The van der Waals surface area contributed by atoms with Crippen LogP contribution in [0.15, 0.2) is 24.3 Å². The number of carbonyl (C=O) groups is 2. The first-order valence-corrected chi connectivity index (χ1v) is 7.07. The molecule has 1 aromatic rings. The molecule has 1 N–H and O–H groups in total. The highest BCUT2D eigenvalue weighted by Gasteiger charge is 2.31. The monoisotopic (exact) mass is 273 g/mol. The summed E-state index contributed by atoms with van der Waals surface area (Å²) < 4.78 is 0. The Morgan fingerprint density at radius 2 is 1.85 bits per heavy atom. The lowest BCUT2D eigenvalue weighted by molar-refractivity contribution is -0.145. The van der Waals surface area contributed by atoms with Gasteiger partial charge in [-0.15, -0.1) is 0 Å². The second-order valence-corrected chi connectivity index (χ2v) is 5.42. The SMILES string of the molecule is CN1CCN(c2ccc(C3CCCN3)cc2)C(=O)C1=O. The van der Waals surface area contributed by atoms with Gasteiger partial charge in [0, 0.05) is 31.9 Å². The quantitative estimate of drug-likeness (QED) is 0.815. The molecule has 106 valence electrons. The van der Waals surface area contributed by atoms with Crippen LogP contribution in [0, 0.1) is 0 Å². The zero-order valence-electron chi connectivity index (χ0n) is 11.6. The normalized spacial score (nSPS) is 23.6. The molecular weight excluding hydrogens is 254 g/mol. The van der Waals surface area contributed by atoms with Crippen molar-refractivity contribution in [1.82, 2.24) is 10.2 Å². The molecule has 0 radical (unpaired) electrons. The van der Waals surface area contributed by atoms with E-state index >= 15 is 0 Å². The van der Waals surface area contributed by atoms with Crippen LogP contribution in [0.4, 0.5) is 5.69 Å². The molecular formula is C15H19N3O2. The number of nitrogens with one attached hydrogen (secondary N) is 1. The minimum atomic E-state index is -0.439. The molecule has 2 amide bonds. The fourth-order valence-corrected chi connectivity index (χ4v) is 2.83. The van der Waals surface area contributed by atoms with Crippen LogP contribution in [-0.4, -0.2) is 43.4 Å². The maximum atomic E-state index is 12.0. The summed E-state index contributed by atoms with van der Waals surface area (Å²) >= 11 is 0. The van der Waals surface area contributed by atoms with Gasteiger partial charge in [0.2, 0.25) is 0 Å². The Morgan fingerprint density at radius 3 is 2.50 bits per heavy atom. The lowest BCUT2D eigenvalue weighted by Gasteiger charge is -2.31. The number of anilines is 1. The van der Waals surface area contributed by atoms with Gasteiger partial charge in [0.05, 0.1) is 0 Å². The minimum absolute atomic E-state index is 0.425. The fraction of sp³-hybridized carbons (Fsp3) is 0.467. The molecule has 0 saturated carbocycles. The van der Waals surface area contributed by atoms with Crippen molar-refractivity contribution in [3.05, 3.63) is 29.8 Å². The van der Waals surface area contributed by atoms with Crippen LogP contribution in [0.1, 0.15) is 24.4 Å². The number of amides is 2. The Bertz CT molecular complexity index is 520. The van der Waals surface area contributed by atoms with Crippen molar-refractivity contribution < 1.29 is 9.59 Å². The van der Waals surface area contributed by atoms with Gasteiger partial charge in [-0.05, 0) is 37.1 Å². The average molecular weight is 273 g/mol. The van der Waals surface area contributed by atoms with Gasteiger partial charge in [-0.1, -0.05) is 12.1 Å². The third-order valence-electron chi connectivity index (χ3n) is 4.10. The summed E-state index contributed by atoms with van der Waals surface area (Å²) in [7, 11) is 1.66. The molecule has 0 aliphatic carbocycles. The van der Waals surface area contributed by atoms with E-state index in [1.807, 2.05) is 24.3 Å². The Kier molecular flexibility index (Phi) is 3.44. The van der Waals surface area contributed by atoms with Crippen molar-refractivity contribution in [3.63, 3.8) is 0 Å². The van der Waals surface area contributed by atoms with Gasteiger partial charge < -0.3 is 15.1 Å². The number of nitrogens with zero attached hydrogens (tertiary/aromatic N) is 2. The minimum Gasteiger partial charge on any atom is -0.336 e. The van der Waals surface area contributed by atoms with Gasteiger partial charge in [-0.25, -0.2) is 0 Å². The van der Waals surface area contributed by atoms with Crippen LogP contribution in [-0.2, 0) is 9.59 Å². The molecule has 1 aromatic carbocycles. The number of hydrogen-bond donors (Lipinski definition) is 1. The van der Waals surface area contributed by atoms with Gasteiger partial charge in [0.1, 0.15) is 0 Å². The number of piperazine rings is 1. The largest absolute Gasteiger partial charge is 0.336 e. The molecule has 1 atom stereocenters. The summed E-state index contributed by atoms with van der Waals surface area (Å²) in [5.41, 5.74) is 2.05. The van der Waals surface area contributed by atoms with Crippen molar-refractivity contribution in [1.29, 1.82) is 0 Å². The van der Waals surface area contributed by atoms with Crippen LogP contribution >= 0.6 is 0 Å². The molecule has 3 rings (SSSR count). The topological polar surface area (TPSA) is 52.6 Å². The lowest BCUT2D eigenvalue weighted by Crippen LogP contribution is -2.53. The van der Waals surface area contributed by atoms with E-state index in [9.17, 15) is 9.59 Å². The van der Waals surface area contributed by atoms with Gasteiger partial charge in [0.15, 0.2) is 0 Å². The van der Waals surface area contributed by atoms with E-state index in [4.69, 9.17) is 0 Å². The number of rotatable bonds is 2. The zero-order valence-corrected chi connectivity index (χ0v) is 11.6. The summed E-state index contributed by atoms with van der Waals surface area (Å²) in [6.45, 7) is 2.20. The third kappa shape index (κ3) is 2.29. The zero-order chi connectivity index (χ0) is 14.1. The Labute approximate surface area is 118 Å². The summed E-state index contributed by atoms with van der Waals surface area (Å²) in [6.07, 6.45) is 2.36. The standard InChI is InChI=1S/C15H19N3O2/c1-17-9-10-18(15(20)14(17)19)12-6-4-11(5-7-12)13-3-2-8-16-13/h4-7,13,16H,2-3,8-10H2,1H3. The first-order chi connectivity index (χ1) is 9.66. The van der Waals surface area contributed by atoms with E-state index in [1.54, 1.807) is 11.9 Å². The van der Waals surface area contributed by atoms with Crippen molar-refractivity contribution in [2.45, 2.75) is 18.9 Å². The Hall–Kier alpha value is -1.88. The first-order valence-electron chi connectivity index (χ1n) is 7.07. The number of likely N-dealkylation sites (N-methyl/N-ethyl adjacent to an activating group) is 1. The van der Waals surface area contributed by atoms with E-state index in [-0.39, 0.29) is 0 Å². The highest BCUT2D eigenvalue weighted by atomic mass is 16.2. The predicted molar refractivity (Wildman–Crippen MR) is 76.4 cm³/mol. The highest BCUT2D eigenvalue weighted by molar-refractivity contribution is 6.40. The molecule has 20 heavy (non-hydrogen) atoms. The van der Waals surface area contributed by atoms with Crippen molar-refractivity contribution in [2.24, 2.45) is 0 Å². The molecule has 1 unspecified atom stereocenters. The molecule has 5 nitrogen and oxygen atoms in total. The summed E-state index contributed by atoms with van der Waals surface area (Å²) in [5.74, 6) is -0.872. The lowest BCUT2D eigenvalue weighted by atomic mass is 10.0. The number of hydrogen-bond acceptors (Lipinski definition) is 3. The maximum Gasteiger partial charge on any atom is 0.316 e. The van der Waals surface area contributed by atoms with Crippen LogP contribution in [0.2, 0.25) is 0 Å². The van der Waals surface area contributed by atoms with Crippen molar-refractivity contribution >= 4 is 17.5 Å². The maximum absolute atomic E-state index is 12.0. The fourth-order valence-electron chi connectivity index (χ4n) is 2.83. The van der Waals surface area contributed by atoms with E-state index in [0.717, 1.165) is 18.7 Å². The molecule has 2 aliphatic rings. The van der Waals surface area contributed by atoms with E-state index in [2.05, 4.69) is 5.32 Å². The van der Waals surface area contributed by atoms with E-state index < -0.39 is 11.8 Å². The first kappa shape index (κ1) is 13.1. The van der Waals surface area contributed by atoms with Gasteiger partial charge in [-0.3, -0.25) is 9.59 Å².